The van der Waals surface area contributed by atoms with Gasteiger partial charge in [-0.15, -0.1) is 0 Å². The number of carbonyl (C=O) groups excluding carboxylic acids is 1. The maximum atomic E-state index is 11.9. The Balaban J connectivity index is 1.82. The smallest absolute Gasteiger partial charge is 0.252 e. The van der Waals surface area contributed by atoms with Gasteiger partial charge in [0.1, 0.15) is 0 Å². The predicted molar refractivity (Wildman–Crippen MR) is 71.6 cm³/mol. The van der Waals surface area contributed by atoms with Crippen molar-refractivity contribution in [1.82, 2.24) is 15.2 Å². The van der Waals surface area contributed by atoms with E-state index in [4.69, 9.17) is 0 Å². The van der Waals surface area contributed by atoms with Crippen molar-refractivity contribution in [2.24, 2.45) is 0 Å². The van der Waals surface area contributed by atoms with Gasteiger partial charge in [0.15, 0.2) is 0 Å². The maximum absolute atomic E-state index is 11.9. The standard InChI is InChI=1S/C14H21N3O/c1-11-5-6-13(10-15-11)14(18)16-9-12(2)17-7-3-4-8-17/h5-6,10,12H,3-4,7-9H2,1-2H3,(H,16,18)/t12-/m1/s1. The third-order valence-corrected chi connectivity index (χ3v) is 3.50. The fourth-order valence-corrected chi connectivity index (χ4v) is 2.26. The number of pyridine rings is 1. The Hall–Kier alpha value is -1.42. The first-order valence-corrected chi connectivity index (χ1v) is 6.62. The van der Waals surface area contributed by atoms with Crippen LogP contribution in [0.15, 0.2) is 18.3 Å². The summed E-state index contributed by atoms with van der Waals surface area (Å²) in [5.74, 6) is -0.0338. The van der Waals surface area contributed by atoms with E-state index in [1.165, 1.54) is 12.8 Å². The van der Waals surface area contributed by atoms with Crippen LogP contribution in [0.1, 0.15) is 35.8 Å². The van der Waals surface area contributed by atoms with E-state index < -0.39 is 0 Å². The van der Waals surface area contributed by atoms with E-state index in [1.54, 1.807) is 6.20 Å². The summed E-state index contributed by atoms with van der Waals surface area (Å²) in [7, 11) is 0. The molecular formula is C14H21N3O. The zero-order chi connectivity index (χ0) is 13.0. The second-order valence-corrected chi connectivity index (χ2v) is 4.99. The molecule has 0 saturated carbocycles. The van der Waals surface area contributed by atoms with Gasteiger partial charge in [-0.05, 0) is 51.9 Å². The van der Waals surface area contributed by atoms with E-state index in [1.807, 2.05) is 19.1 Å². The second-order valence-electron chi connectivity index (χ2n) is 4.99. The zero-order valence-corrected chi connectivity index (χ0v) is 11.1. The molecule has 0 aromatic carbocycles. The van der Waals surface area contributed by atoms with Crippen LogP contribution < -0.4 is 5.32 Å². The summed E-state index contributed by atoms with van der Waals surface area (Å²) in [6, 6.07) is 4.09. The number of likely N-dealkylation sites (tertiary alicyclic amines) is 1. The normalized spacial score (nSPS) is 17.7. The average Bonchev–Trinajstić information content (AvgIpc) is 2.90. The van der Waals surface area contributed by atoms with Gasteiger partial charge < -0.3 is 5.32 Å². The van der Waals surface area contributed by atoms with Crippen molar-refractivity contribution < 1.29 is 4.79 Å². The van der Waals surface area contributed by atoms with E-state index in [2.05, 4.69) is 22.1 Å². The Kier molecular flexibility index (Phi) is 4.31. The number of amides is 1. The molecule has 1 aromatic rings. The first kappa shape index (κ1) is 13.0. The molecule has 0 bridgehead atoms. The summed E-state index contributed by atoms with van der Waals surface area (Å²) in [4.78, 5) is 18.5. The van der Waals surface area contributed by atoms with Crippen molar-refractivity contribution in [2.75, 3.05) is 19.6 Å². The molecule has 4 heteroatoms. The van der Waals surface area contributed by atoms with Gasteiger partial charge >= 0.3 is 0 Å². The van der Waals surface area contributed by atoms with Crippen molar-refractivity contribution in [1.29, 1.82) is 0 Å². The third-order valence-electron chi connectivity index (χ3n) is 3.50. The minimum absolute atomic E-state index is 0.0338. The van der Waals surface area contributed by atoms with Crippen LogP contribution in [-0.2, 0) is 0 Å². The highest BCUT2D eigenvalue weighted by atomic mass is 16.1. The first-order valence-electron chi connectivity index (χ1n) is 6.62. The lowest BCUT2D eigenvalue weighted by atomic mass is 10.2. The molecule has 2 heterocycles. The summed E-state index contributed by atoms with van der Waals surface area (Å²) in [6.45, 7) is 7.09. The molecule has 4 nitrogen and oxygen atoms in total. The Labute approximate surface area is 108 Å². The molecule has 0 radical (unpaired) electrons. The monoisotopic (exact) mass is 247 g/mol. The average molecular weight is 247 g/mol. The molecule has 1 aromatic heterocycles. The zero-order valence-electron chi connectivity index (χ0n) is 11.1. The fourth-order valence-electron chi connectivity index (χ4n) is 2.26. The largest absolute Gasteiger partial charge is 0.350 e. The molecule has 0 spiro atoms. The predicted octanol–water partition coefficient (Wildman–Crippen LogP) is 1.60. The highest BCUT2D eigenvalue weighted by Crippen LogP contribution is 2.10. The van der Waals surface area contributed by atoms with Crippen molar-refractivity contribution in [2.45, 2.75) is 32.7 Å². The number of carbonyl (C=O) groups is 1. The molecule has 2 rings (SSSR count). The topological polar surface area (TPSA) is 45.2 Å². The Morgan fingerprint density at radius 1 is 1.44 bits per heavy atom. The molecule has 98 valence electrons. The van der Waals surface area contributed by atoms with Crippen LogP contribution in [0.5, 0.6) is 0 Å². The van der Waals surface area contributed by atoms with Crippen LogP contribution in [0, 0.1) is 6.92 Å². The minimum Gasteiger partial charge on any atom is -0.350 e. The van der Waals surface area contributed by atoms with Gasteiger partial charge in [-0.3, -0.25) is 14.7 Å². The number of hydrogen-bond acceptors (Lipinski definition) is 3. The fraction of sp³-hybridized carbons (Fsp3) is 0.571. The first-order chi connectivity index (χ1) is 8.66. The lowest BCUT2D eigenvalue weighted by molar-refractivity contribution is 0.0940. The van der Waals surface area contributed by atoms with Crippen molar-refractivity contribution in [3.63, 3.8) is 0 Å². The molecule has 1 aliphatic rings. The summed E-state index contributed by atoms with van der Waals surface area (Å²) in [5, 5.41) is 2.97. The number of hydrogen-bond donors (Lipinski definition) is 1. The molecule has 18 heavy (non-hydrogen) atoms. The molecule has 1 aliphatic heterocycles. The Morgan fingerprint density at radius 2 is 2.17 bits per heavy atom. The lowest BCUT2D eigenvalue weighted by Gasteiger charge is -2.23. The molecule has 1 atom stereocenters. The molecule has 1 N–H and O–H groups in total. The number of nitrogens with zero attached hydrogens (tertiary/aromatic N) is 2. The van der Waals surface area contributed by atoms with Crippen LogP contribution in [0.2, 0.25) is 0 Å². The van der Waals surface area contributed by atoms with E-state index in [0.29, 0.717) is 18.2 Å². The van der Waals surface area contributed by atoms with Gasteiger partial charge in [0.25, 0.3) is 5.91 Å². The van der Waals surface area contributed by atoms with Crippen molar-refractivity contribution in [3.05, 3.63) is 29.6 Å². The maximum Gasteiger partial charge on any atom is 0.252 e. The number of nitrogens with one attached hydrogen (secondary N) is 1. The summed E-state index contributed by atoms with van der Waals surface area (Å²) in [5.41, 5.74) is 1.56. The van der Waals surface area contributed by atoms with Gasteiger partial charge in [0, 0.05) is 24.5 Å². The van der Waals surface area contributed by atoms with Crippen LogP contribution in [0.25, 0.3) is 0 Å². The van der Waals surface area contributed by atoms with Gasteiger partial charge in [0.05, 0.1) is 5.56 Å². The Bertz CT molecular complexity index is 396. The van der Waals surface area contributed by atoms with Crippen LogP contribution >= 0.6 is 0 Å². The van der Waals surface area contributed by atoms with Gasteiger partial charge in [0.2, 0.25) is 0 Å². The molecule has 0 aliphatic carbocycles. The van der Waals surface area contributed by atoms with Gasteiger partial charge in [-0.1, -0.05) is 0 Å². The van der Waals surface area contributed by atoms with Gasteiger partial charge in [-0.25, -0.2) is 0 Å². The number of aromatic nitrogens is 1. The van der Waals surface area contributed by atoms with E-state index in [0.717, 1.165) is 18.8 Å². The number of rotatable bonds is 4. The second kappa shape index (κ2) is 5.96. The molecular weight excluding hydrogens is 226 g/mol. The quantitative estimate of drug-likeness (QED) is 0.879. The van der Waals surface area contributed by atoms with E-state index >= 15 is 0 Å². The van der Waals surface area contributed by atoms with Crippen molar-refractivity contribution in [3.8, 4) is 0 Å². The molecule has 0 unspecified atom stereocenters. The van der Waals surface area contributed by atoms with Crippen LogP contribution in [-0.4, -0.2) is 41.5 Å². The molecule has 1 amide bonds. The lowest BCUT2D eigenvalue weighted by Crippen LogP contribution is -2.40. The van der Waals surface area contributed by atoms with Gasteiger partial charge in [-0.2, -0.15) is 0 Å². The highest BCUT2D eigenvalue weighted by Gasteiger charge is 2.18. The van der Waals surface area contributed by atoms with Crippen molar-refractivity contribution >= 4 is 5.91 Å². The van der Waals surface area contributed by atoms with E-state index in [-0.39, 0.29) is 5.91 Å². The molecule has 1 fully saturated rings. The summed E-state index contributed by atoms with van der Waals surface area (Å²) in [6.07, 6.45) is 4.19. The Morgan fingerprint density at radius 3 is 2.78 bits per heavy atom. The highest BCUT2D eigenvalue weighted by molar-refractivity contribution is 5.93. The van der Waals surface area contributed by atoms with Crippen LogP contribution in [0.4, 0.5) is 0 Å². The molecule has 1 saturated heterocycles. The summed E-state index contributed by atoms with van der Waals surface area (Å²) < 4.78 is 0. The van der Waals surface area contributed by atoms with Crippen LogP contribution in [0.3, 0.4) is 0 Å². The summed E-state index contributed by atoms with van der Waals surface area (Å²) >= 11 is 0. The SMILES string of the molecule is Cc1ccc(C(=O)NC[C@@H](C)N2CCCC2)cn1. The minimum atomic E-state index is -0.0338. The van der Waals surface area contributed by atoms with E-state index in [9.17, 15) is 4.79 Å². The number of aryl methyl sites for hydroxylation is 1. The third kappa shape index (κ3) is 3.29.